The van der Waals surface area contributed by atoms with Crippen LogP contribution >= 0.6 is 11.8 Å². The molecule has 0 bridgehead atoms. The van der Waals surface area contributed by atoms with E-state index in [1.807, 2.05) is 62.4 Å². The quantitative estimate of drug-likeness (QED) is 0.219. The topological polar surface area (TPSA) is 58.4 Å². The van der Waals surface area contributed by atoms with Crippen molar-refractivity contribution in [3.8, 4) is 22.6 Å². The Morgan fingerprint density at radius 1 is 0.914 bits per heavy atom. The number of aromatic nitrogens is 3. The molecule has 4 aromatic rings. The van der Waals surface area contributed by atoms with Crippen LogP contribution in [0.2, 0.25) is 0 Å². The lowest BCUT2D eigenvalue weighted by atomic mass is 10.1. The third-order valence-corrected chi connectivity index (χ3v) is 6.32. The van der Waals surface area contributed by atoms with Gasteiger partial charge in [0.05, 0.1) is 12.7 Å². The first-order valence-electron chi connectivity index (χ1n) is 11.7. The molecular formula is C28H31N3O3S. The van der Waals surface area contributed by atoms with Gasteiger partial charge in [-0.3, -0.25) is 0 Å². The zero-order chi connectivity index (χ0) is 24.5. The Balaban J connectivity index is 1.48. The molecule has 1 heterocycles. The summed E-state index contributed by atoms with van der Waals surface area (Å²) in [5, 5.41) is 9.74. The van der Waals surface area contributed by atoms with Crippen LogP contribution in [0.5, 0.6) is 11.5 Å². The second-order valence-electron chi connectivity index (χ2n) is 8.30. The molecular weight excluding hydrogens is 458 g/mol. The fraction of sp³-hybridized carbons (Fsp3) is 0.286. The van der Waals surface area contributed by atoms with E-state index in [0.29, 0.717) is 19.8 Å². The summed E-state index contributed by atoms with van der Waals surface area (Å²) in [5.41, 5.74) is 3.34. The average Bonchev–Trinajstić information content (AvgIpc) is 3.27. The number of nitrogens with zero attached hydrogens (tertiary/aromatic N) is 3. The lowest BCUT2D eigenvalue weighted by Crippen LogP contribution is -2.12. The second kappa shape index (κ2) is 12.4. The molecule has 0 aliphatic rings. The number of thioether (sulfide) groups is 1. The maximum absolute atomic E-state index is 6.24. The van der Waals surface area contributed by atoms with E-state index in [-0.39, 0.29) is 6.10 Å². The van der Waals surface area contributed by atoms with Crippen LogP contribution < -0.4 is 9.47 Å². The zero-order valence-electron chi connectivity index (χ0n) is 20.4. The normalized spacial score (nSPS) is 11.1. The Morgan fingerprint density at radius 3 is 2.51 bits per heavy atom. The van der Waals surface area contributed by atoms with Crippen molar-refractivity contribution < 1.29 is 14.2 Å². The number of benzene rings is 3. The van der Waals surface area contributed by atoms with Gasteiger partial charge >= 0.3 is 0 Å². The van der Waals surface area contributed by atoms with Crippen molar-refractivity contribution in [2.45, 2.75) is 44.0 Å². The Labute approximate surface area is 211 Å². The van der Waals surface area contributed by atoms with E-state index in [0.717, 1.165) is 39.4 Å². The molecule has 0 amide bonds. The predicted molar refractivity (Wildman–Crippen MR) is 140 cm³/mol. The summed E-state index contributed by atoms with van der Waals surface area (Å²) in [5.74, 6) is 3.23. The first-order chi connectivity index (χ1) is 17.1. The minimum absolute atomic E-state index is 0.143. The summed E-state index contributed by atoms with van der Waals surface area (Å²) in [6.07, 6.45) is 0.143. The van der Waals surface area contributed by atoms with E-state index in [9.17, 15) is 0 Å². The molecule has 0 aliphatic heterocycles. The van der Waals surface area contributed by atoms with Crippen molar-refractivity contribution in [1.82, 2.24) is 14.8 Å². The van der Waals surface area contributed by atoms with Crippen LogP contribution in [0.1, 0.15) is 25.2 Å². The molecule has 0 saturated carbocycles. The van der Waals surface area contributed by atoms with Crippen molar-refractivity contribution in [2.24, 2.45) is 0 Å². The van der Waals surface area contributed by atoms with Crippen LogP contribution in [-0.2, 0) is 23.6 Å². The van der Waals surface area contributed by atoms with Crippen molar-refractivity contribution in [1.29, 1.82) is 0 Å². The SMILES string of the molecule is COCCn1c(COc2ccccc2-c2ccccc2)nnc1SCc1cccc(OC(C)C)c1. The van der Waals surface area contributed by atoms with Crippen LogP contribution in [0.25, 0.3) is 11.1 Å². The van der Waals surface area contributed by atoms with Gasteiger partial charge in [-0.25, -0.2) is 0 Å². The minimum Gasteiger partial charge on any atom is -0.491 e. The molecule has 0 aliphatic carbocycles. The average molecular weight is 490 g/mol. The Hall–Kier alpha value is -3.29. The highest BCUT2D eigenvalue weighted by Crippen LogP contribution is 2.30. The standard InChI is InChI=1S/C28H31N3O3S/c1-21(2)34-24-13-9-10-22(18-24)20-35-28-30-29-27(31(28)16-17-32-3)19-33-26-15-8-7-14-25(26)23-11-5-4-6-12-23/h4-15,18,21H,16-17,19-20H2,1-3H3. The summed E-state index contributed by atoms with van der Waals surface area (Å²) in [6, 6.07) is 26.5. The summed E-state index contributed by atoms with van der Waals surface area (Å²) in [4.78, 5) is 0. The van der Waals surface area contributed by atoms with Crippen molar-refractivity contribution in [3.05, 3.63) is 90.3 Å². The fourth-order valence-electron chi connectivity index (χ4n) is 3.66. The smallest absolute Gasteiger partial charge is 0.191 e. The van der Waals surface area contributed by atoms with E-state index < -0.39 is 0 Å². The summed E-state index contributed by atoms with van der Waals surface area (Å²) in [6.45, 7) is 5.60. The maximum Gasteiger partial charge on any atom is 0.191 e. The predicted octanol–water partition coefficient (Wildman–Crippen LogP) is 6.25. The molecule has 0 spiro atoms. The number of ether oxygens (including phenoxy) is 3. The van der Waals surface area contributed by atoms with Crippen LogP contribution in [-0.4, -0.2) is 34.6 Å². The molecule has 0 N–H and O–H groups in total. The Bertz CT molecular complexity index is 1210. The van der Waals surface area contributed by atoms with Gasteiger partial charge in [0, 0.05) is 25.0 Å². The summed E-state index contributed by atoms with van der Waals surface area (Å²) >= 11 is 1.64. The fourth-order valence-corrected chi connectivity index (χ4v) is 4.59. The van der Waals surface area contributed by atoms with Crippen LogP contribution in [0.15, 0.2) is 84.0 Å². The van der Waals surface area contributed by atoms with Gasteiger partial charge in [0.1, 0.15) is 18.1 Å². The molecule has 0 fully saturated rings. The van der Waals surface area contributed by atoms with Gasteiger partial charge in [0.25, 0.3) is 0 Å². The lowest BCUT2D eigenvalue weighted by Gasteiger charge is -2.13. The molecule has 7 heteroatoms. The maximum atomic E-state index is 6.24. The number of rotatable bonds is 12. The Kier molecular flexibility index (Phi) is 8.81. The van der Waals surface area contributed by atoms with Crippen molar-refractivity contribution >= 4 is 11.8 Å². The molecule has 6 nitrogen and oxygen atoms in total. The summed E-state index contributed by atoms with van der Waals surface area (Å²) < 4.78 is 19.5. The molecule has 1 aromatic heterocycles. The molecule has 35 heavy (non-hydrogen) atoms. The van der Waals surface area contributed by atoms with Gasteiger partial charge in [-0.1, -0.05) is 72.4 Å². The zero-order valence-corrected chi connectivity index (χ0v) is 21.2. The number of hydrogen-bond donors (Lipinski definition) is 0. The molecule has 4 rings (SSSR count). The van der Waals surface area contributed by atoms with Crippen LogP contribution in [0.3, 0.4) is 0 Å². The first kappa shape index (κ1) is 24.8. The van der Waals surface area contributed by atoms with Gasteiger partial charge in [-0.2, -0.15) is 0 Å². The molecule has 182 valence electrons. The molecule has 0 atom stereocenters. The third kappa shape index (κ3) is 6.87. The van der Waals surface area contributed by atoms with E-state index in [1.54, 1.807) is 18.9 Å². The van der Waals surface area contributed by atoms with Crippen molar-refractivity contribution in [3.63, 3.8) is 0 Å². The summed E-state index contributed by atoms with van der Waals surface area (Å²) in [7, 11) is 1.70. The van der Waals surface area contributed by atoms with Gasteiger partial charge in [0.15, 0.2) is 11.0 Å². The third-order valence-electron chi connectivity index (χ3n) is 5.28. The van der Waals surface area contributed by atoms with Crippen molar-refractivity contribution in [2.75, 3.05) is 13.7 Å². The highest BCUT2D eigenvalue weighted by molar-refractivity contribution is 7.98. The number of para-hydroxylation sites is 1. The molecule has 0 unspecified atom stereocenters. The molecule has 0 saturated heterocycles. The van der Waals surface area contributed by atoms with E-state index >= 15 is 0 Å². The first-order valence-corrected chi connectivity index (χ1v) is 12.7. The molecule has 3 aromatic carbocycles. The second-order valence-corrected chi connectivity index (χ2v) is 9.24. The van der Waals surface area contributed by atoms with Gasteiger partial charge in [-0.05, 0) is 43.2 Å². The molecule has 0 radical (unpaired) electrons. The largest absolute Gasteiger partial charge is 0.491 e. The van der Waals surface area contributed by atoms with E-state index in [1.165, 1.54) is 5.56 Å². The van der Waals surface area contributed by atoms with Crippen LogP contribution in [0, 0.1) is 0 Å². The lowest BCUT2D eigenvalue weighted by molar-refractivity contribution is 0.181. The van der Waals surface area contributed by atoms with E-state index in [2.05, 4.69) is 45.1 Å². The number of methoxy groups -OCH3 is 1. The van der Waals surface area contributed by atoms with E-state index in [4.69, 9.17) is 14.2 Å². The monoisotopic (exact) mass is 489 g/mol. The highest BCUT2D eigenvalue weighted by atomic mass is 32.2. The van der Waals surface area contributed by atoms with Gasteiger partial charge in [0.2, 0.25) is 0 Å². The minimum atomic E-state index is 0.143. The van der Waals surface area contributed by atoms with Gasteiger partial charge in [-0.15, -0.1) is 10.2 Å². The van der Waals surface area contributed by atoms with Gasteiger partial charge < -0.3 is 18.8 Å². The van der Waals surface area contributed by atoms with Crippen LogP contribution in [0.4, 0.5) is 0 Å². The Morgan fingerprint density at radius 2 is 1.71 bits per heavy atom. The highest BCUT2D eigenvalue weighted by Gasteiger charge is 2.15. The number of hydrogen-bond acceptors (Lipinski definition) is 6.